The van der Waals surface area contributed by atoms with E-state index in [1.807, 2.05) is 0 Å². The number of thiophene rings is 1. The van der Waals surface area contributed by atoms with E-state index in [9.17, 15) is 27.2 Å². The van der Waals surface area contributed by atoms with Crippen LogP contribution in [-0.4, -0.2) is 59.9 Å². The van der Waals surface area contributed by atoms with Gasteiger partial charge in [0.25, 0.3) is 5.91 Å². The molecule has 1 aliphatic rings. The van der Waals surface area contributed by atoms with Crippen LogP contribution >= 0.6 is 11.3 Å². The Hall–Kier alpha value is -2.63. The molecule has 0 aromatic carbocycles. The van der Waals surface area contributed by atoms with E-state index in [1.165, 1.54) is 17.3 Å². The van der Waals surface area contributed by atoms with Crippen molar-refractivity contribution in [2.45, 2.75) is 51.2 Å². The summed E-state index contributed by atoms with van der Waals surface area (Å²) >= 11 is 0.743. The van der Waals surface area contributed by atoms with Gasteiger partial charge in [0.2, 0.25) is 5.88 Å². The van der Waals surface area contributed by atoms with E-state index >= 15 is 0 Å². The highest BCUT2D eigenvalue weighted by molar-refractivity contribution is 7.17. The molecule has 0 unspecified atom stereocenters. The number of pyridine rings is 1. The van der Waals surface area contributed by atoms with Gasteiger partial charge in [-0.05, 0) is 20.8 Å². The smallest absolute Gasteiger partial charge is 0.418 e. The first-order valence-corrected chi connectivity index (χ1v) is 10.7. The van der Waals surface area contributed by atoms with Crippen molar-refractivity contribution in [3.05, 3.63) is 22.6 Å². The lowest BCUT2D eigenvalue weighted by atomic mass is 10.1. The molecule has 0 bridgehead atoms. The molecule has 3 rings (SSSR count). The number of hydrogen-bond donors (Lipinski definition) is 1. The lowest BCUT2D eigenvalue weighted by molar-refractivity contribution is -0.136. The van der Waals surface area contributed by atoms with Gasteiger partial charge in [0.05, 0.1) is 27.9 Å². The van der Waals surface area contributed by atoms with Crippen LogP contribution in [0.1, 0.15) is 43.1 Å². The van der Waals surface area contributed by atoms with Crippen molar-refractivity contribution in [2.75, 3.05) is 20.1 Å². The van der Waals surface area contributed by atoms with Crippen LogP contribution in [0.2, 0.25) is 0 Å². The summed E-state index contributed by atoms with van der Waals surface area (Å²) in [6, 6.07) is 0.708. The first kappa shape index (κ1) is 24.0. The standard InChI is InChI=1S/C20H23F4N3O4S/c1-19(2,3)31-18(29)27-6-5-13(12(21)8-27)30-14-7-11(20(22,23)24)16-15(26-14)10(9-32-16)17(28)25-4/h7,9,12-13H,5-6,8H2,1-4H3,(H,25,28)/t12-,13+/m1/s1. The normalized spacial score (nSPS) is 19.7. The van der Waals surface area contributed by atoms with Crippen molar-refractivity contribution >= 4 is 33.6 Å². The molecule has 2 aromatic heterocycles. The second kappa shape index (κ2) is 8.72. The van der Waals surface area contributed by atoms with Gasteiger partial charge in [0.15, 0.2) is 6.17 Å². The molecule has 1 fully saturated rings. The molecular weight excluding hydrogens is 454 g/mol. The minimum atomic E-state index is -4.72. The minimum absolute atomic E-state index is 0.0278. The van der Waals surface area contributed by atoms with Gasteiger partial charge in [-0.15, -0.1) is 11.3 Å². The fourth-order valence-electron chi connectivity index (χ4n) is 3.22. The summed E-state index contributed by atoms with van der Waals surface area (Å²) in [4.78, 5) is 29.4. The van der Waals surface area contributed by atoms with E-state index in [2.05, 4.69) is 10.3 Å². The zero-order valence-electron chi connectivity index (χ0n) is 17.9. The number of fused-ring (bicyclic) bond motifs is 1. The SMILES string of the molecule is CNC(=O)c1csc2c(C(F)(F)F)cc(O[C@H]3CCN(C(=O)OC(C)(C)C)C[C@H]3F)nc12. The Kier molecular flexibility index (Phi) is 6.55. The molecule has 1 N–H and O–H groups in total. The highest BCUT2D eigenvalue weighted by atomic mass is 32.1. The van der Waals surface area contributed by atoms with Gasteiger partial charge in [-0.25, -0.2) is 14.2 Å². The van der Waals surface area contributed by atoms with E-state index in [0.29, 0.717) is 6.07 Å². The molecule has 2 aromatic rings. The highest BCUT2D eigenvalue weighted by Crippen LogP contribution is 2.40. The first-order valence-electron chi connectivity index (χ1n) is 9.80. The van der Waals surface area contributed by atoms with Crippen LogP contribution in [0.15, 0.2) is 11.4 Å². The maximum absolute atomic E-state index is 14.7. The minimum Gasteiger partial charge on any atom is -0.471 e. The van der Waals surface area contributed by atoms with Crippen molar-refractivity contribution < 1.29 is 36.6 Å². The Morgan fingerprint density at radius 1 is 1.28 bits per heavy atom. The fourth-order valence-corrected chi connectivity index (χ4v) is 4.24. The van der Waals surface area contributed by atoms with Crippen LogP contribution in [0.25, 0.3) is 10.2 Å². The maximum Gasteiger partial charge on any atom is 0.418 e. The number of halogens is 4. The summed E-state index contributed by atoms with van der Waals surface area (Å²) < 4.78 is 66.1. The average Bonchev–Trinajstić information content (AvgIpc) is 3.10. The lowest BCUT2D eigenvalue weighted by Gasteiger charge is -2.35. The summed E-state index contributed by atoms with van der Waals surface area (Å²) in [5, 5.41) is 3.64. The van der Waals surface area contributed by atoms with Gasteiger partial charge < -0.3 is 19.7 Å². The quantitative estimate of drug-likeness (QED) is 0.663. The van der Waals surface area contributed by atoms with E-state index in [1.54, 1.807) is 20.8 Å². The molecule has 32 heavy (non-hydrogen) atoms. The van der Waals surface area contributed by atoms with Crippen molar-refractivity contribution in [1.82, 2.24) is 15.2 Å². The Balaban J connectivity index is 1.84. The second-order valence-corrected chi connectivity index (χ2v) is 9.18. The van der Waals surface area contributed by atoms with Crippen LogP contribution in [0.5, 0.6) is 5.88 Å². The Morgan fingerprint density at radius 2 is 1.97 bits per heavy atom. The molecule has 176 valence electrons. The molecular formula is C20H23F4N3O4S. The summed E-state index contributed by atoms with van der Waals surface area (Å²) in [7, 11) is 1.35. The molecule has 1 aliphatic heterocycles. The number of carbonyl (C=O) groups excluding carboxylic acids is 2. The molecule has 0 radical (unpaired) electrons. The Labute approximate surface area is 185 Å². The van der Waals surface area contributed by atoms with E-state index in [0.717, 1.165) is 11.3 Å². The van der Waals surface area contributed by atoms with Gasteiger partial charge in [-0.3, -0.25) is 4.79 Å². The van der Waals surface area contributed by atoms with Crippen molar-refractivity contribution in [2.24, 2.45) is 0 Å². The molecule has 12 heteroatoms. The zero-order valence-corrected chi connectivity index (χ0v) is 18.7. The van der Waals surface area contributed by atoms with Gasteiger partial charge in [-0.2, -0.15) is 13.2 Å². The van der Waals surface area contributed by atoms with E-state index < -0.39 is 47.5 Å². The van der Waals surface area contributed by atoms with Gasteiger partial charge in [0.1, 0.15) is 11.7 Å². The number of alkyl halides is 4. The van der Waals surface area contributed by atoms with Crippen LogP contribution in [0, 0.1) is 0 Å². The topological polar surface area (TPSA) is 80.8 Å². The van der Waals surface area contributed by atoms with Crippen LogP contribution in [0.4, 0.5) is 22.4 Å². The number of amides is 2. The predicted molar refractivity (Wildman–Crippen MR) is 110 cm³/mol. The maximum atomic E-state index is 14.7. The highest BCUT2D eigenvalue weighted by Gasteiger charge is 2.38. The molecule has 2 atom stereocenters. The molecule has 1 saturated heterocycles. The van der Waals surface area contributed by atoms with Crippen molar-refractivity contribution in [3.63, 3.8) is 0 Å². The molecule has 0 spiro atoms. The number of carbonyl (C=O) groups is 2. The Morgan fingerprint density at radius 3 is 2.53 bits per heavy atom. The number of hydrogen-bond acceptors (Lipinski definition) is 6. The lowest BCUT2D eigenvalue weighted by Crippen LogP contribution is -2.50. The molecule has 0 aliphatic carbocycles. The van der Waals surface area contributed by atoms with Crippen LogP contribution in [0.3, 0.4) is 0 Å². The monoisotopic (exact) mass is 477 g/mol. The molecule has 7 nitrogen and oxygen atoms in total. The summed E-state index contributed by atoms with van der Waals surface area (Å²) in [5.74, 6) is -1.03. The van der Waals surface area contributed by atoms with E-state index in [4.69, 9.17) is 9.47 Å². The second-order valence-electron chi connectivity index (χ2n) is 8.30. The number of piperidine rings is 1. The summed E-state index contributed by atoms with van der Waals surface area (Å²) in [5.41, 5.74) is -1.95. The fraction of sp³-hybridized carbons (Fsp3) is 0.550. The number of rotatable bonds is 3. The third-order valence-corrected chi connectivity index (χ3v) is 5.68. The van der Waals surface area contributed by atoms with E-state index in [-0.39, 0.29) is 35.3 Å². The van der Waals surface area contributed by atoms with Gasteiger partial charge in [0, 0.05) is 31.5 Å². The largest absolute Gasteiger partial charge is 0.471 e. The first-order chi connectivity index (χ1) is 14.8. The zero-order chi connectivity index (χ0) is 23.8. The third kappa shape index (κ3) is 5.22. The van der Waals surface area contributed by atoms with Crippen molar-refractivity contribution in [3.8, 4) is 5.88 Å². The third-order valence-electron chi connectivity index (χ3n) is 4.68. The van der Waals surface area contributed by atoms with Crippen LogP contribution < -0.4 is 10.1 Å². The average molecular weight is 477 g/mol. The number of aromatic nitrogens is 1. The number of likely N-dealkylation sites (tertiary alicyclic amines) is 1. The number of ether oxygens (including phenoxy) is 2. The van der Waals surface area contributed by atoms with Gasteiger partial charge >= 0.3 is 12.3 Å². The molecule has 3 heterocycles. The van der Waals surface area contributed by atoms with Crippen molar-refractivity contribution in [1.29, 1.82) is 0 Å². The summed E-state index contributed by atoms with van der Waals surface area (Å²) in [6.07, 6.45) is -8.14. The van der Waals surface area contributed by atoms with Gasteiger partial charge in [-0.1, -0.05) is 0 Å². The molecule has 0 saturated carbocycles. The number of nitrogens with zero attached hydrogens (tertiary/aromatic N) is 2. The number of nitrogens with one attached hydrogen (secondary N) is 1. The Bertz CT molecular complexity index is 1020. The molecule has 2 amide bonds. The predicted octanol–water partition coefficient (Wildman–Crippen LogP) is 4.40. The summed E-state index contributed by atoms with van der Waals surface area (Å²) in [6.45, 7) is 4.84. The van der Waals surface area contributed by atoms with Crippen LogP contribution in [-0.2, 0) is 10.9 Å².